The lowest BCUT2D eigenvalue weighted by atomic mass is 10.1. The number of carbonyl (C=O) groups is 6. The van der Waals surface area contributed by atoms with Gasteiger partial charge in [-0.15, -0.1) is 0 Å². The number of hydrogen-bond acceptors (Lipinski definition) is 12. The van der Waals surface area contributed by atoms with Crippen molar-refractivity contribution in [3.05, 3.63) is 110 Å². The number of carboxylic acid groups (broad SMARTS) is 2. The van der Waals surface area contributed by atoms with Gasteiger partial charge in [0.1, 0.15) is 0 Å². The van der Waals surface area contributed by atoms with Crippen LogP contribution in [0.15, 0.2) is 36.4 Å². The maximum absolute atomic E-state index is 13.1. The number of nitrogens with zero attached hydrogens (tertiary/aromatic N) is 2. The van der Waals surface area contributed by atoms with Crippen molar-refractivity contribution in [2.45, 2.75) is 0 Å². The minimum atomic E-state index is -1.82. The molecule has 0 saturated heterocycles. The van der Waals surface area contributed by atoms with Crippen molar-refractivity contribution in [2.24, 2.45) is 0 Å². The summed E-state index contributed by atoms with van der Waals surface area (Å²) in [6.07, 6.45) is 0. The Labute approximate surface area is 261 Å². The van der Waals surface area contributed by atoms with Gasteiger partial charge in [-0.25, -0.2) is 28.8 Å². The molecule has 0 aromatic heterocycles. The third-order valence-corrected chi connectivity index (χ3v) is 7.18. The largest absolute Gasteiger partial charge is 0.478 e. The Morgan fingerprint density at radius 2 is 0.864 bits per heavy atom. The SMILES string of the molecule is O=C(O)c1cc([N+](=O)[O-])ccc1C(=O)OC(=O)c1c(Cl)c(Cl)c(Cl)c(Cl)c1C(=O)OC(=O)c1ccc([N+](=O)[O-])cc1C(=O)O. The van der Waals surface area contributed by atoms with Crippen molar-refractivity contribution in [3.8, 4) is 0 Å². The fourth-order valence-electron chi connectivity index (χ4n) is 3.40. The average molecular weight is 690 g/mol. The van der Waals surface area contributed by atoms with E-state index in [1.54, 1.807) is 0 Å². The molecule has 0 aliphatic heterocycles. The summed E-state index contributed by atoms with van der Waals surface area (Å²) in [5.41, 5.74) is -7.29. The Balaban J connectivity index is 2.06. The van der Waals surface area contributed by atoms with E-state index in [4.69, 9.17) is 46.4 Å². The highest BCUT2D eigenvalue weighted by atomic mass is 35.5. The highest BCUT2D eigenvalue weighted by Gasteiger charge is 2.35. The third-order valence-electron chi connectivity index (χ3n) is 5.37. The van der Waals surface area contributed by atoms with Gasteiger partial charge >= 0.3 is 35.8 Å². The summed E-state index contributed by atoms with van der Waals surface area (Å²) in [7, 11) is 0. The van der Waals surface area contributed by atoms with E-state index in [-0.39, 0.29) is 0 Å². The van der Waals surface area contributed by atoms with Crippen LogP contribution < -0.4 is 0 Å². The van der Waals surface area contributed by atoms with Crippen LogP contribution in [0.2, 0.25) is 20.1 Å². The maximum Gasteiger partial charge on any atom is 0.348 e. The molecule has 0 heterocycles. The molecule has 3 aromatic rings. The van der Waals surface area contributed by atoms with E-state index in [9.17, 15) is 59.2 Å². The molecule has 20 heteroatoms. The number of nitro benzene ring substituents is 2. The number of esters is 4. The highest BCUT2D eigenvalue weighted by Crippen LogP contribution is 2.42. The summed E-state index contributed by atoms with van der Waals surface area (Å²) in [5.74, 6) is -10.7. The Hall–Kier alpha value is -5.16. The lowest BCUT2D eigenvalue weighted by molar-refractivity contribution is -0.385. The lowest BCUT2D eigenvalue weighted by Gasteiger charge is -2.15. The van der Waals surface area contributed by atoms with Crippen LogP contribution in [-0.2, 0) is 9.47 Å². The van der Waals surface area contributed by atoms with E-state index in [1.165, 1.54) is 0 Å². The molecule has 16 nitrogen and oxygen atoms in total. The minimum Gasteiger partial charge on any atom is -0.478 e. The van der Waals surface area contributed by atoms with Crippen LogP contribution in [0, 0.1) is 20.2 Å². The van der Waals surface area contributed by atoms with Crippen LogP contribution in [0.1, 0.15) is 62.1 Å². The second-order valence-corrected chi connectivity index (χ2v) is 9.46. The van der Waals surface area contributed by atoms with Crippen LogP contribution in [0.25, 0.3) is 0 Å². The Kier molecular flexibility index (Phi) is 9.86. The van der Waals surface area contributed by atoms with Gasteiger partial charge in [0.2, 0.25) is 0 Å². The Morgan fingerprint density at radius 1 is 0.545 bits per heavy atom. The number of ether oxygens (including phenoxy) is 2. The zero-order valence-corrected chi connectivity index (χ0v) is 23.7. The van der Waals surface area contributed by atoms with Gasteiger partial charge < -0.3 is 19.7 Å². The predicted octanol–water partition coefficient (Wildman–Crippen LogP) is 5.51. The van der Waals surface area contributed by atoms with E-state index in [1.807, 2.05) is 0 Å². The molecule has 3 aromatic carbocycles. The van der Waals surface area contributed by atoms with Crippen LogP contribution in [0.5, 0.6) is 0 Å². The fraction of sp³-hybridized carbons (Fsp3) is 0. The number of hydrogen-bond donors (Lipinski definition) is 2. The van der Waals surface area contributed by atoms with Crippen LogP contribution in [0.3, 0.4) is 0 Å². The zero-order valence-electron chi connectivity index (χ0n) is 20.7. The van der Waals surface area contributed by atoms with Crippen molar-refractivity contribution in [1.82, 2.24) is 0 Å². The molecule has 0 unspecified atom stereocenters. The molecule has 0 spiro atoms. The fourth-order valence-corrected chi connectivity index (χ4v) is 4.40. The standard InChI is InChI=1S/C24H8Cl4N2O14/c25-15-13(23(37)43-21(35)9-3-1-7(29(39)40)5-11(9)19(31)32)14(16(26)18(28)17(15)27)24(38)44-22(36)10-4-2-8(30(41)42)6-12(10)20(33)34/h1-6H,(H,31,32)(H,33,34). The second kappa shape index (κ2) is 13.0. The number of halogens is 4. The molecule has 0 amide bonds. The van der Waals surface area contributed by atoms with Gasteiger partial charge in [0.05, 0.1) is 63.3 Å². The quantitative estimate of drug-likeness (QED) is 0.0739. The van der Waals surface area contributed by atoms with Crippen molar-refractivity contribution >= 4 is 93.6 Å². The van der Waals surface area contributed by atoms with Gasteiger partial charge in [-0.2, -0.15) is 0 Å². The van der Waals surface area contributed by atoms with E-state index in [2.05, 4.69) is 9.47 Å². The molecule has 0 bridgehead atoms. The molecule has 0 radical (unpaired) electrons. The smallest absolute Gasteiger partial charge is 0.348 e. The van der Waals surface area contributed by atoms with E-state index >= 15 is 0 Å². The summed E-state index contributed by atoms with van der Waals surface area (Å²) in [6.45, 7) is 0. The molecular weight excluding hydrogens is 682 g/mol. The van der Waals surface area contributed by atoms with Gasteiger partial charge in [0.25, 0.3) is 11.4 Å². The first-order chi connectivity index (χ1) is 20.5. The zero-order chi connectivity index (χ0) is 33.2. The van der Waals surface area contributed by atoms with E-state index in [0.717, 1.165) is 12.1 Å². The van der Waals surface area contributed by atoms with Crippen molar-refractivity contribution in [2.75, 3.05) is 0 Å². The number of carbonyl (C=O) groups excluding carboxylic acids is 4. The van der Waals surface area contributed by atoms with Gasteiger partial charge in [-0.1, -0.05) is 46.4 Å². The number of carboxylic acids is 2. The Bertz CT molecular complexity index is 1720. The third kappa shape index (κ3) is 6.57. The van der Waals surface area contributed by atoms with Gasteiger partial charge in [0, 0.05) is 24.3 Å². The second-order valence-electron chi connectivity index (χ2n) is 7.94. The van der Waals surface area contributed by atoms with Gasteiger partial charge in [0.15, 0.2) is 0 Å². The van der Waals surface area contributed by atoms with Crippen molar-refractivity contribution in [1.29, 1.82) is 0 Å². The summed E-state index contributed by atoms with van der Waals surface area (Å²) in [5, 5.41) is 37.6. The molecule has 226 valence electrons. The molecule has 3 rings (SSSR count). The van der Waals surface area contributed by atoms with Crippen molar-refractivity contribution < 1.29 is 58.3 Å². The van der Waals surface area contributed by atoms with E-state index in [0.29, 0.717) is 24.3 Å². The molecule has 0 saturated carbocycles. The summed E-state index contributed by atoms with van der Waals surface area (Å²) in [6, 6.07) is 3.80. The number of aromatic carboxylic acids is 2. The van der Waals surface area contributed by atoms with E-state index < -0.39 is 111 Å². The topological polar surface area (TPSA) is 248 Å². The number of nitro groups is 2. The molecule has 0 fully saturated rings. The molecule has 0 aliphatic rings. The first-order valence-electron chi connectivity index (χ1n) is 10.9. The summed E-state index contributed by atoms with van der Waals surface area (Å²) >= 11 is 24.0. The average Bonchev–Trinajstić information content (AvgIpc) is 2.96. The molecular formula is C24H8Cl4N2O14. The number of benzene rings is 3. The van der Waals surface area contributed by atoms with Gasteiger partial charge in [-0.3, -0.25) is 20.2 Å². The monoisotopic (exact) mass is 688 g/mol. The minimum absolute atomic E-state index is 0.504. The number of non-ortho nitro benzene ring substituents is 2. The predicted molar refractivity (Wildman–Crippen MR) is 146 cm³/mol. The summed E-state index contributed by atoms with van der Waals surface area (Å²) < 4.78 is 9.24. The summed E-state index contributed by atoms with van der Waals surface area (Å²) in [4.78, 5) is 94.8. The van der Waals surface area contributed by atoms with Crippen LogP contribution >= 0.6 is 46.4 Å². The highest BCUT2D eigenvalue weighted by molar-refractivity contribution is 6.54. The molecule has 2 N–H and O–H groups in total. The first kappa shape index (κ1) is 33.3. The normalized spacial score (nSPS) is 10.5. The molecule has 0 atom stereocenters. The number of rotatable bonds is 8. The van der Waals surface area contributed by atoms with Crippen LogP contribution in [0.4, 0.5) is 11.4 Å². The maximum atomic E-state index is 13.1. The lowest BCUT2D eigenvalue weighted by Crippen LogP contribution is -2.22. The van der Waals surface area contributed by atoms with Crippen molar-refractivity contribution in [3.63, 3.8) is 0 Å². The first-order valence-corrected chi connectivity index (χ1v) is 12.4. The molecule has 44 heavy (non-hydrogen) atoms. The van der Waals surface area contributed by atoms with Crippen LogP contribution in [-0.4, -0.2) is 55.9 Å². The van der Waals surface area contributed by atoms with Gasteiger partial charge in [-0.05, 0) is 12.1 Å². The Morgan fingerprint density at radius 3 is 1.14 bits per heavy atom. The molecule has 0 aliphatic carbocycles.